The zero-order chi connectivity index (χ0) is 18.3. The van der Waals surface area contributed by atoms with Crippen LogP contribution in [0.3, 0.4) is 0 Å². The Hall–Kier alpha value is -2.78. The van der Waals surface area contributed by atoms with Gasteiger partial charge < -0.3 is 4.74 Å². The number of anilines is 1. The Morgan fingerprint density at radius 2 is 1.77 bits per heavy atom. The molecule has 2 aromatic rings. The summed E-state index contributed by atoms with van der Waals surface area (Å²) in [7, 11) is 0. The molecule has 3 aliphatic rings. The number of rotatable bonds is 1. The van der Waals surface area contributed by atoms with Crippen LogP contribution in [-0.4, -0.2) is 28.0 Å². The van der Waals surface area contributed by atoms with Gasteiger partial charge in [0.2, 0.25) is 11.8 Å². The second-order valence-electron chi connectivity index (χ2n) is 7.86. The number of fused-ring (bicyclic) bond motifs is 6. The number of amides is 2. The number of nitrogens with zero attached hydrogens (tertiary/aromatic N) is 3. The summed E-state index contributed by atoms with van der Waals surface area (Å²) >= 11 is 0. The van der Waals surface area contributed by atoms with Gasteiger partial charge in [-0.25, -0.2) is 4.90 Å². The Morgan fingerprint density at radius 3 is 2.38 bits per heavy atom. The van der Waals surface area contributed by atoms with E-state index in [-0.39, 0.29) is 11.8 Å². The fourth-order valence-electron chi connectivity index (χ4n) is 5.17. The van der Waals surface area contributed by atoms with Crippen molar-refractivity contribution in [2.75, 3.05) is 4.90 Å². The summed E-state index contributed by atoms with van der Waals surface area (Å²) in [5.41, 5.74) is -0.161. The molecule has 2 amide bonds. The van der Waals surface area contributed by atoms with Gasteiger partial charge in [0, 0.05) is 23.2 Å². The molecule has 2 unspecified atom stereocenters. The number of ether oxygens (including phenoxy) is 1. The Balaban J connectivity index is 1.70. The van der Waals surface area contributed by atoms with Crippen LogP contribution in [-0.2, 0) is 14.3 Å². The minimum atomic E-state index is -0.579. The third-order valence-corrected chi connectivity index (χ3v) is 6.36. The maximum absolute atomic E-state index is 13.3. The lowest BCUT2D eigenvalue weighted by Gasteiger charge is -2.27. The van der Waals surface area contributed by atoms with E-state index in [1.54, 1.807) is 30.6 Å². The topological polar surface area (TPSA) is 83.3 Å². The first kappa shape index (κ1) is 15.5. The molecule has 1 aromatic heterocycles. The smallest absolute Gasteiger partial charge is 0.240 e. The van der Waals surface area contributed by atoms with E-state index in [9.17, 15) is 14.9 Å². The highest BCUT2D eigenvalue weighted by atomic mass is 16.5. The van der Waals surface area contributed by atoms with Crippen LogP contribution in [0.1, 0.15) is 32.3 Å². The fourth-order valence-corrected chi connectivity index (χ4v) is 5.17. The number of carbonyl (C=O) groups is 2. The molecule has 1 aromatic carbocycles. The number of hydrogen-bond donors (Lipinski definition) is 0. The van der Waals surface area contributed by atoms with E-state index in [2.05, 4.69) is 11.1 Å². The van der Waals surface area contributed by atoms with Crippen molar-refractivity contribution in [2.45, 2.75) is 37.9 Å². The largest absolute Gasteiger partial charge is 0.367 e. The van der Waals surface area contributed by atoms with Gasteiger partial charge in [0.05, 0.1) is 40.4 Å². The quantitative estimate of drug-likeness (QED) is 0.740. The number of carbonyl (C=O) groups excluding carboxylic acids is 2. The zero-order valence-electron chi connectivity index (χ0n) is 14.5. The molecule has 0 radical (unpaired) electrons. The Labute approximate surface area is 150 Å². The van der Waals surface area contributed by atoms with E-state index in [1.807, 2.05) is 13.8 Å². The highest BCUT2D eigenvalue weighted by Crippen LogP contribution is 2.61. The van der Waals surface area contributed by atoms with E-state index in [4.69, 9.17) is 4.74 Å². The molecule has 0 aliphatic carbocycles. The van der Waals surface area contributed by atoms with Crippen molar-refractivity contribution >= 4 is 28.3 Å². The molecular formula is C20H17N3O3. The molecule has 0 saturated carbocycles. The van der Waals surface area contributed by atoms with E-state index in [0.29, 0.717) is 22.0 Å². The normalized spacial score (nSPS) is 35.2. The SMILES string of the molecule is CC12CCC(C)(O1)[C@H]1C(=O)N(c3ccc(C#N)c4cnccc34)C(=O)[C@H]12. The van der Waals surface area contributed by atoms with Gasteiger partial charge in [0.1, 0.15) is 0 Å². The first-order valence-electron chi connectivity index (χ1n) is 8.74. The number of aromatic nitrogens is 1. The average Bonchev–Trinajstić information content (AvgIpc) is 3.18. The van der Waals surface area contributed by atoms with E-state index < -0.39 is 23.0 Å². The van der Waals surface area contributed by atoms with Crippen molar-refractivity contribution in [2.24, 2.45) is 11.8 Å². The number of benzene rings is 1. The molecule has 0 spiro atoms. The molecule has 4 atom stereocenters. The van der Waals surface area contributed by atoms with Crippen molar-refractivity contribution in [3.63, 3.8) is 0 Å². The zero-order valence-corrected chi connectivity index (χ0v) is 14.5. The Kier molecular flexibility index (Phi) is 2.79. The van der Waals surface area contributed by atoms with Crippen LogP contribution in [0.4, 0.5) is 5.69 Å². The molecule has 130 valence electrons. The van der Waals surface area contributed by atoms with Crippen molar-refractivity contribution < 1.29 is 14.3 Å². The summed E-state index contributed by atoms with van der Waals surface area (Å²) in [6, 6.07) is 7.21. The second kappa shape index (κ2) is 4.68. The molecular weight excluding hydrogens is 330 g/mol. The van der Waals surface area contributed by atoms with Gasteiger partial charge in [-0.1, -0.05) is 0 Å². The van der Waals surface area contributed by atoms with Gasteiger partial charge in [0.25, 0.3) is 0 Å². The van der Waals surface area contributed by atoms with Crippen LogP contribution < -0.4 is 4.90 Å². The lowest BCUT2D eigenvalue weighted by atomic mass is 9.69. The minimum absolute atomic E-state index is 0.200. The van der Waals surface area contributed by atoms with Crippen molar-refractivity contribution in [1.82, 2.24) is 4.98 Å². The van der Waals surface area contributed by atoms with Gasteiger partial charge in [-0.2, -0.15) is 5.26 Å². The summed E-state index contributed by atoms with van der Waals surface area (Å²) in [5, 5.41) is 10.7. The van der Waals surface area contributed by atoms with Gasteiger partial charge in [-0.15, -0.1) is 0 Å². The van der Waals surface area contributed by atoms with E-state index >= 15 is 0 Å². The first-order chi connectivity index (χ1) is 12.4. The molecule has 6 heteroatoms. The molecule has 2 bridgehead atoms. The average molecular weight is 347 g/mol. The molecule has 0 N–H and O–H groups in total. The van der Waals surface area contributed by atoms with Crippen LogP contribution >= 0.6 is 0 Å². The Bertz CT molecular complexity index is 1010. The van der Waals surface area contributed by atoms with Gasteiger partial charge in [-0.05, 0) is 44.9 Å². The van der Waals surface area contributed by atoms with Crippen molar-refractivity contribution in [1.29, 1.82) is 5.26 Å². The van der Waals surface area contributed by atoms with Crippen LogP contribution in [0.5, 0.6) is 0 Å². The third-order valence-electron chi connectivity index (χ3n) is 6.36. The second-order valence-corrected chi connectivity index (χ2v) is 7.86. The van der Waals surface area contributed by atoms with Gasteiger partial charge in [-0.3, -0.25) is 14.6 Å². The summed E-state index contributed by atoms with van der Waals surface area (Å²) < 4.78 is 6.14. The summed E-state index contributed by atoms with van der Waals surface area (Å²) in [6.07, 6.45) is 4.78. The maximum Gasteiger partial charge on any atom is 0.240 e. The summed E-state index contributed by atoms with van der Waals surface area (Å²) in [4.78, 5) is 31.9. The van der Waals surface area contributed by atoms with Crippen molar-refractivity contribution in [3.05, 3.63) is 36.2 Å². The number of imide groups is 1. The van der Waals surface area contributed by atoms with Crippen LogP contribution in [0.15, 0.2) is 30.6 Å². The fraction of sp³-hybridized carbons (Fsp3) is 0.400. The number of pyridine rings is 1. The van der Waals surface area contributed by atoms with Crippen LogP contribution in [0.2, 0.25) is 0 Å². The highest BCUT2D eigenvalue weighted by Gasteiger charge is 2.72. The maximum atomic E-state index is 13.3. The summed E-state index contributed by atoms with van der Waals surface area (Å²) in [6.45, 7) is 3.89. The van der Waals surface area contributed by atoms with E-state index in [0.717, 1.165) is 12.8 Å². The molecule has 4 heterocycles. The lowest BCUT2D eigenvalue weighted by Crippen LogP contribution is -2.40. The number of hydrogen-bond acceptors (Lipinski definition) is 5. The number of nitriles is 1. The van der Waals surface area contributed by atoms with Gasteiger partial charge >= 0.3 is 0 Å². The highest BCUT2D eigenvalue weighted by molar-refractivity contribution is 6.26. The lowest BCUT2D eigenvalue weighted by molar-refractivity contribution is -0.129. The predicted octanol–water partition coefficient (Wildman–Crippen LogP) is 2.55. The summed E-state index contributed by atoms with van der Waals surface area (Å²) in [5.74, 6) is -1.29. The molecule has 26 heavy (non-hydrogen) atoms. The minimum Gasteiger partial charge on any atom is -0.367 e. The first-order valence-corrected chi connectivity index (χ1v) is 8.74. The third kappa shape index (κ3) is 1.66. The molecule has 3 fully saturated rings. The molecule has 5 rings (SSSR count). The van der Waals surface area contributed by atoms with Crippen LogP contribution in [0, 0.1) is 23.2 Å². The molecule has 3 aliphatic heterocycles. The molecule has 3 saturated heterocycles. The monoisotopic (exact) mass is 347 g/mol. The standard InChI is InChI=1S/C20H17N3O3/c1-19-6-7-20(2,26-19)16-15(19)17(24)23(18(16)25)14-4-3-11(9-21)13-10-22-8-5-12(13)14/h3-5,8,10,15-16H,6-7H2,1-2H3/t15-,16+,19?,20?. The molecule has 6 nitrogen and oxygen atoms in total. The Morgan fingerprint density at radius 1 is 1.12 bits per heavy atom. The van der Waals surface area contributed by atoms with E-state index in [1.165, 1.54) is 4.90 Å². The predicted molar refractivity (Wildman–Crippen MR) is 93.1 cm³/mol. The van der Waals surface area contributed by atoms with Gasteiger partial charge in [0.15, 0.2) is 0 Å². The van der Waals surface area contributed by atoms with Crippen molar-refractivity contribution in [3.8, 4) is 6.07 Å². The van der Waals surface area contributed by atoms with Crippen LogP contribution in [0.25, 0.3) is 10.8 Å².